The molecule has 1 aliphatic heterocycles. The summed E-state index contributed by atoms with van der Waals surface area (Å²) in [6, 6.07) is 10.8. The molecule has 0 spiro atoms. The number of para-hydroxylation sites is 1. The van der Waals surface area contributed by atoms with Crippen LogP contribution >= 0.6 is 0 Å². The fourth-order valence-electron chi connectivity index (χ4n) is 2.67. The Kier molecular flexibility index (Phi) is 6.23. The molecule has 154 valence electrons. The van der Waals surface area contributed by atoms with Gasteiger partial charge in [0.05, 0.1) is 11.3 Å². The Morgan fingerprint density at radius 2 is 1.83 bits per heavy atom. The number of nitrogens with one attached hydrogen (secondary N) is 4. The van der Waals surface area contributed by atoms with E-state index in [0.29, 0.717) is 11.5 Å². The first kappa shape index (κ1) is 20.5. The maximum absolute atomic E-state index is 13.0. The van der Waals surface area contributed by atoms with Crippen LogP contribution in [0.4, 0.5) is 29.3 Å². The van der Waals surface area contributed by atoms with Gasteiger partial charge in [-0.2, -0.15) is 13.2 Å². The van der Waals surface area contributed by atoms with Crippen LogP contribution in [0.3, 0.4) is 0 Å². The Morgan fingerprint density at radius 3 is 2.52 bits per heavy atom. The molecule has 1 heterocycles. The van der Waals surface area contributed by atoms with E-state index in [4.69, 9.17) is 0 Å². The molecule has 3 rings (SSSR count). The number of alkyl halides is 3. The van der Waals surface area contributed by atoms with Gasteiger partial charge in [-0.3, -0.25) is 5.43 Å². The van der Waals surface area contributed by atoms with Gasteiger partial charge in [-0.1, -0.05) is 25.5 Å². The Bertz CT molecular complexity index is 882. The van der Waals surface area contributed by atoms with Gasteiger partial charge in [0.2, 0.25) is 0 Å². The van der Waals surface area contributed by atoms with Crippen molar-refractivity contribution in [2.24, 2.45) is 5.10 Å². The lowest BCUT2D eigenvalue weighted by molar-refractivity contribution is -0.136. The highest BCUT2D eigenvalue weighted by Gasteiger charge is 2.33. The number of halogens is 3. The van der Waals surface area contributed by atoms with Gasteiger partial charge in [-0.15, -0.1) is 10.2 Å². The first-order chi connectivity index (χ1) is 13.9. The minimum absolute atomic E-state index is 0.308. The lowest BCUT2D eigenvalue weighted by atomic mass is 10.1. The third-order valence-electron chi connectivity index (χ3n) is 4.16. The lowest BCUT2D eigenvalue weighted by Crippen LogP contribution is -2.42. The Hall–Kier alpha value is -3.27. The standard InChI is InChI=1S/C19H21F3N6O/c1-2-3-12-28-26-17(25-27-28)13-8-10-14(11-9-13)23-18(29)24-16-7-5-4-6-15(16)19(20,21)22/h4-11,27H,2-3,12H2,1H3,(H,25,26)(H2,23,24,29). The van der Waals surface area contributed by atoms with Crippen molar-refractivity contribution in [3.63, 3.8) is 0 Å². The maximum Gasteiger partial charge on any atom is 0.418 e. The molecule has 29 heavy (non-hydrogen) atoms. The van der Waals surface area contributed by atoms with Crippen LogP contribution in [0.15, 0.2) is 53.6 Å². The number of urea groups is 1. The Balaban J connectivity index is 1.59. The minimum atomic E-state index is -4.56. The molecule has 2 amide bonds. The van der Waals surface area contributed by atoms with Crippen molar-refractivity contribution in [2.45, 2.75) is 25.9 Å². The summed E-state index contributed by atoms with van der Waals surface area (Å²) in [5.41, 5.74) is 6.01. The molecule has 10 heteroatoms. The van der Waals surface area contributed by atoms with Gasteiger partial charge in [-0.25, -0.2) is 10.3 Å². The molecule has 0 atom stereocenters. The average Bonchev–Trinajstić information content (AvgIpc) is 3.15. The number of hydrazine groups is 2. The highest BCUT2D eigenvalue weighted by molar-refractivity contribution is 6.02. The molecule has 0 aromatic heterocycles. The zero-order valence-electron chi connectivity index (χ0n) is 15.7. The summed E-state index contributed by atoms with van der Waals surface area (Å²) in [4.78, 5) is 12.1. The second-order valence-electron chi connectivity index (χ2n) is 6.38. The van der Waals surface area contributed by atoms with Crippen LogP contribution in [0.5, 0.6) is 0 Å². The summed E-state index contributed by atoms with van der Waals surface area (Å²) < 4.78 is 39.1. The van der Waals surface area contributed by atoms with E-state index >= 15 is 0 Å². The van der Waals surface area contributed by atoms with Crippen molar-refractivity contribution >= 4 is 23.2 Å². The van der Waals surface area contributed by atoms with Crippen LogP contribution in [0, 0.1) is 0 Å². The molecular formula is C19H21F3N6O. The summed E-state index contributed by atoms with van der Waals surface area (Å²) in [7, 11) is 0. The second-order valence-corrected chi connectivity index (χ2v) is 6.38. The predicted molar refractivity (Wildman–Crippen MR) is 105 cm³/mol. The molecule has 0 saturated carbocycles. The van der Waals surface area contributed by atoms with Crippen molar-refractivity contribution in [3.05, 3.63) is 59.7 Å². The molecule has 4 N–H and O–H groups in total. The van der Waals surface area contributed by atoms with E-state index in [1.54, 1.807) is 29.4 Å². The van der Waals surface area contributed by atoms with Gasteiger partial charge < -0.3 is 10.6 Å². The van der Waals surface area contributed by atoms with Crippen LogP contribution in [0.1, 0.15) is 30.9 Å². The largest absolute Gasteiger partial charge is 0.418 e. The summed E-state index contributed by atoms with van der Waals surface area (Å²) >= 11 is 0. The van der Waals surface area contributed by atoms with E-state index in [-0.39, 0.29) is 5.69 Å². The Labute approximate surface area is 165 Å². The first-order valence-corrected chi connectivity index (χ1v) is 9.09. The van der Waals surface area contributed by atoms with Crippen LogP contribution in [0.2, 0.25) is 0 Å². The second kappa shape index (κ2) is 8.82. The fraction of sp³-hybridized carbons (Fsp3) is 0.263. The van der Waals surface area contributed by atoms with E-state index in [1.165, 1.54) is 18.2 Å². The topological polar surface area (TPSA) is 80.8 Å². The molecule has 0 unspecified atom stereocenters. The Morgan fingerprint density at radius 1 is 1.10 bits per heavy atom. The van der Waals surface area contributed by atoms with Crippen molar-refractivity contribution in [1.29, 1.82) is 0 Å². The monoisotopic (exact) mass is 406 g/mol. The van der Waals surface area contributed by atoms with E-state index in [1.807, 2.05) is 0 Å². The SMILES string of the molecule is CCCCN1NN=C(c2ccc(NC(=O)Nc3ccccc3C(F)(F)F)cc2)N1. The van der Waals surface area contributed by atoms with Gasteiger partial charge in [0.15, 0.2) is 5.84 Å². The van der Waals surface area contributed by atoms with Gasteiger partial charge in [0.25, 0.3) is 0 Å². The van der Waals surface area contributed by atoms with E-state index in [9.17, 15) is 18.0 Å². The number of hydrogen-bond donors (Lipinski definition) is 4. The van der Waals surface area contributed by atoms with Crippen LogP contribution < -0.4 is 21.6 Å². The maximum atomic E-state index is 13.0. The van der Waals surface area contributed by atoms with E-state index < -0.39 is 17.8 Å². The van der Waals surface area contributed by atoms with Crippen molar-refractivity contribution in [1.82, 2.24) is 16.1 Å². The molecule has 0 saturated heterocycles. The average molecular weight is 406 g/mol. The van der Waals surface area contributed by atoms with E-state index in [0.717, 1.165) is 31.0 Å². The highest BCUT2D eigenvalue weighted by atomic mass is 19.4. The molecule has 0 fully saturated rings. The third kappa shape index (κ3) is 5.38. The smallest absolute Gasteiger partial charge is 0.308 e. The van der Waals surface area contributed by atoms with Gasteiger partial charge in [0.1, 0.15) is 0 Å². The van der Waals surface area contributed by atoms with Crippen LogP contribution in [-0.2, 0) is 6.18 Å². The molecule has 2 aromatic carbocycles. The zero-order chi connectivity index (χ0) is 20.9. The van der Waals surface area contributed by atoms with Crippen molar-refractivity contribution in [2.75, 3.05) is 17.2 Å². The summed E-state index contributed by atoms with van der Waals surface area (Å²) in [6.07, 6.45) is -2.48. The number of hydrogen-bond acceptors (Lipinski definition) is 5. The van der Waals surface area contributed by atoms with Gasteiger partial charge >= 0.3 is 12.2 Å². The van der Waals surface area contributed by atoms with E-state index in [2.05, 4.69) is 33.6 Å². The number of nitrogens with zero attached hydrogens (tertiary/aromatic N) is 2. The number of hydrazone groups is 1. The zero-order valence-corrected chi connectivity index (χ0v) is 15.7. The van der Waals surface area contributed by atoms with Crippen LogP contribution in [0.25, 0.3) is 0 Å². The van der Waals surface area contributed by atoms with Crippen molar-refractivity contribution < 1.29 is 18.0 Å². The lowest BCUT2D eigenvalue weighted by Gasteiger charge is -2.15. The highest BCUT2D eigenvalue weighted by Crippen LogP contribution is 2.34. The summed E-state index contributed by atoms with van der Waals surface area (Å²) in [5, 5.41) is 10.7. The molecule has 1 aliphatic rings. The molecule has 0 bridgehead atoms. The summed E-state index contributed by atoms with van der Waals surface area (Å²) in [5.74, 6) is 0.635. The molecule has 7 nitrogen and oxygen atoms in total. The van der Waals surface area contributed by atoms with Gasteiger partial charge in [-0.05, 0) is 42.8 Å². The number of unbranched alkanes of at least 4 members (excludes halogenated alkanes) is 1. The number of rotatable bonds is 6. The minimum Gasteiger partial charge on any atom is -0.308 e. The number of anilines is 2. The number of carbonyl (C=O) groups is 1. The first-order valence-electron chi connectivity index (χ1n) is 9.09. The molecule has 0 aliphatic carbocycles. The molecular weight excluding hydrogens is 385 g/mol. The normalized spacial score (nSPS) is 14.0. The predicted octanol–water partition coefficient (Wildman–Crippen LogP) is 4.14. The van der Waals surface area contributed by atoms with Crippen molar-refractivity contribution in [3.8, 4) is 0 Å². The molecule has 2 aromatic rings. The molecule has 0 radical (unpaired) electrons. The van der Waals surface area contributed by atoms with Crippen LogP contribution in [-0.4, -0.2) is 23.5 Å². The number of amidine groups is 1. The number of benzene rings is 2. The van der Waals surface area contributed by atoms with Gasteiger partial charge in [0, 0.05) is 17.8 Å². The number of amides is 2. The summed E-state index contributed by atoms with van der Waals surface area (Å²) in [6.45, 7) is 2.89. The number of carbonyl (C=O) groups excluding carboxylic acids is 1. The fourth-order valence-corrected chi connectivity index (χ4v) is 2.67. The third-order valence-corrected chi connectivity index (χ3v) is 4.16. The quantitative estimate of drug-likeness (QED) is 0.581.